The predicted octanol–water partition coefficient (Wildman–Crippen LogP) is 33.7. The number of fused-ring (bicyclic) bond motifs is 32. The number of para-hydroxylation sites is 3. The molecule has 4 aliphatic carbocycles. The Morgan fingerprint density at radius 1 is 0.169 bits per heavy atom. The first-order valence-corrected chi connectivity index (χ1v) is 45.5. The minimum Gasteiger partial charge on any atom is -0.310 e. The van der Waals surface area contributed by atoms with E-state index in [9.17, 15) is 0 Å². The molecule has 4 nitrogen and oxygen atoms in total. The molecule has 130 heavy (non-hydrogen) atoms. The largest absolute Gasteiger partial charge is 0.310 e. The van der Waals surface area contributed by atoms with Crippen LogP contribution in [0.25, 0.3) is 109 Å². The lowest BCUT2D eigenvalue weighted by atomic mass is 9.68. The molecule has 22 aromatic carbocycles. The van der Waals surface area contributed by atoms with Gasteiger partial charge in [-0.05, 0) is 349 Å². The Labute approximate surface area is 757 Å². The van der Waals surface area contributed by atoms with Crippen LogP contribution >= 0.6 is 0 Å². The van der Waals surface area contributed by atoms with Gasteiger partial charge in [-0.25, -0.2) is 0 Å². The molecular formula is C126H86N4. The van der Waals surface area contributed by atoms with Crippen LogP contribution in [0.2, 0.25) is 0 Å². The van der Waals surface area contributed by atoms with Gasteiger partial charge in [0.25, 0.3) is 0 Å². The first kappa shape index (κ1) is 75.0. The van der Waals surface area contributed by atoms with Gasteiger partial charge in [-0.3, -0.25) is 0 Å². The Bertz CT molecular complexity index is 8450. The van der Waals surface area contributed by atoms with E-state index in [1.807, 2.05) is 0 Å². The van der Waals surface area contributed by atoms with Crippen LogP contribution in [0.3, 0.4) is 0 Å². The lowest BCUT2D eigenvalue weighted by Crippen LogP contribution is -2.26. The fraction of sp³-hybridized carbons (Fsp3) is 0.0476. The summed E-state index contributed by atoms with van der Waals surface area (Å²) in [5, 5.41) is 14.8. The molecule has 22 aromatic rings. The first-order valence-electron chi connectivity index (χ1n) is 45.5. The van der Waals surface area contributed by atoms with Gasteiger partial charge in [0.2, 0.25) is 0 Å². The number of benzene rings is 22. The van der Waals surface area contributed by atoms with Crippen LogP contribution in [0.5, 0.6) is 0 Å². The molecule has 2 spiro atoms. The minimum atomic E-state index is -0.662. The Hall–Kier alpha value is -16.4. The number of hydrogen-bond acceptors (Lipinski definition) is 4. The third-order valence-electron chi connectivity index (χ3n) is 28.6. The van der Waals surface area contributed by atoms with Crippen molar-refractivity contribution in [1.82, 2.24) is 0 Å². The molecule has 4 aliphatic rings. The molecule has 2 unspecified atom stereocenters. The quantitative estimate of drug-likeness (QED) is 0.108. The summed E-state index contributed by atoms with van der Waals surface area (Å²) in [5.41, 5.74) is 39.0. The summed E-state index contributed by atoms with van der Waals surface area (Å²) in [4.78, 5) is 9.69. The van der Waals surface area contributed by atoms with Crippen molar-refractivity contribution in [3.63, 3.8) is 0 Å². The second kappa shape index (κ2) is 29.3. The predicted molar refractivity (Wildman–Crippen MR) is 546 cm³/mol. The normalized spacial score (nSPS) is 14.5. The number of nitrogens with zero attached hydrogens (tertiary/aromatic N) is 4. The first-order chi connectivity index (χ1) is 64.2. The highest BCUT2D eigenvalue weighted by Crippen LogP contribution is 2.69. The van der Waals surface area contributed by atoms with Gasteiger partial charge < -0.3 is 19.6 Å². The van der Waals surface area contributed by atoms with E-state index in [0.29, 0.717) is 0 Å². The second-order valence-electron chi connectivity index (χ2n) is 36.0. The standard InChI is InChI=1S/C126H86N4/c1-80-44-54-94(55-45-80)127(91-29-7-4-8-30-91)99-58-66-105-87(76-99)48-62-109-110-63-49-88-77-100(59-67-106(88)122(110)125(121(105)109)115-42-19-17-40-113(115)119-103-38-15-13-27-85(103)52-70-117(119)125)128(92-31-9-5-10-32-92)95-56-46-83(47-57-95)74-84-26-23-37-98(75-84)130(97-36-22-25-82(3)73-97)102-61-69-108-90(79-102)51-65-112-111-64-50-89-78-101(129(93-33-11-6-12-34-93)96-35-21-24-81(2)72-96)60-68-107(89)123(111)126(124(108)112)116-43-20-18-41-114(116)120-104-39-16-14-28-86(104)53-71-118(120)126/h4-73,75-79H,74H2,1-3H3. The van der Waals surface area contributed by atoms with E-state index in [1.165, 1.54) is 181 Å². The van der Waals surface area contributed by atoms with Crippen molar-refractivity contribution in [2.45, 2.75) is 38.0 Å². The van der Waals surface area contributed by atoms with Crippen molar-refractivity contribution in [3.8, 4) is 44.5 Å². The van der Waals surface area contributed by atoms with Gasteiger partial charge in [-0.15, -0.1) is 0 Å². The molecule has 4 heteroatoms. The molecule has 26 rings (SSSR count). The highest BCUT2D eigenvalue weighted by molar-refractivity contribution is 6.16. The lowest BCUT2D eigenvalue weighted by Gasteiger charge is -2.33. The van der Waals surface area contributed by atoms with E-state index in [0.717, 1.165) is 74.7 Å². The number of aryl methyl sites for hydroxylation is 3. The third kappa shape index (κ3) is 11.3. The molecular weight excluding hydrogens is 1570 g/mol. The Kier molecular flexibility index (Phi) is 16.9. The summed E-state index contributed by atoms with van der Waals surface area (Å²) in [6.45, 7) is 6.54. The SMILES string of the molecule is Cc1ccc(N(c2ccccc2)c2ccc3c4c(ccc3c2)-c2ccc3cc(N(c5ccccc5)c5ccc(Cc6cccc(N(c7cccc(C)c7)c7ccc8c9c(ccc8c7)-c7ccc8cc(N(c%10ccccc%10)c%10cccc(C)c%10)ccc8c7C97c8ccccc8-c8c7ccc7ccccc87)c6)cc5)ccc3c2C42c3ccccc3-c3c2ccc2ccccc32)cc1. The molecule has 0 bridgehead atoms. The van der Waals surface area contributed by atoms with Crippen LogP contribution in [0.15, 0.2) is 455 Å². The van der Waals surface area contributed by atoms with Crippen molar-refractivity contribution in [3.05, 3.63) is 527 Å². The van der Waals surface area contributed by atoms with Crippen LogP contribution in [-0.4, -0.2) is 0 Å². The summed E-state index contributed by atoms with van der Waals surface area (Å²) < 4.78 is 0. The van der Waals surface area contributed by atoms with Crippen LogP contribution in [0.1, 0.15) is 72.3 Å². The van der Waals surface area contributed by atoms with Crippen LogP contribution in [-0.2, 0) is 17.3 Å². The Morgan fingerprint density at radius 3 is 0.869 bits per heavy atom. The topological polar surface area (TPSA) is 13.0 Å². The summed E-state index contributed by atoms with van der Waals surface area (Å²) in [6.07, 6.45) is 0.739. The monoisotopic (exact) mass is 1650 g/mol. The fourth-order valence-corrected chi connectivity index (χ4v) is 23.3. The van der Waals surface area contributed by atoms with Gasteiger partial charge >= 0.3 is 0 Å². The fourth-order valence-electron chi connectivity index (χ4n) is 23.3. The molecule has 0 aromatic heterocycles. The average molecular weight is 1660 g/mol. The summed E-state index contributed by atoms with van der Waals surface area (Å²) in [7, 11) is 0. The lowest BCUT2D eigenvalue weighted by molar-refractivity contribution is 0.810. The van der Waals surface area contributed by atoms with Gasteiger partial charge in [0.15, 0.2) is 0 Å². The summed E-state index contributed by atoms with van der Waals surface area (Å²) in [6, 6.07) is 172. The minimum absolute atomic E-state index is 0.657. The van der Waals surface area contributed by atoms with Crippen molar-refractivity contribution in [1.29, 1.82) is 0 Å². The molecule has 0 radical (unpaired) electrons. The highest BCUT2D eigenvalue weighted by Gasteiger charge is 2.56. The molecule has 0 aliphatic heterocycles. The average Bonchev–Trinajstić information content (AvgIpc) is 1.50. The maximum absolute atomic E-state index is 2.47. The number of rotatable bonds is 14. The zero-order valence-electron chi connectivity index (χ0n) is 72.3. The van der Waals surface area contributed by atoms with Crippen molar-refractivity contribution < 1.29 is 0 Å². The van der Waals surface area contributed by atoms with Gasteiger partial charge in [0, 0.05) is 68.2 Å². The molecule has 0 saturated heterocycles. The van der Waals surface area contributed by atoms with E-state index in [-0.39, 0.29) is 0 Å². The zero-order valence-corrected chi connectivity index (χ0v) is 72.3. The van der Waals surface area contributed by atoms with Crippen LogP contribution in [0, 0.1) is 20.8 Å². The second-order valence-corrected chi connectivity index (χ2v) is 36.0. The summed E-state index contributed by atoms with van der Waals surface area (Å²) in [5.74, 6) is 0. The summed E-state index contributed by atoms with van der Waals surface area (Å²) >= 11 is 0. The van der Waals surface area contributed by atoms with E-state index in [1.54, 1.807) is 0 Å². The molecule has 0 heterocycles. The van der Waals surface area contributed by atoms with Crippen molar-refractivity contribution >= 4 is 133 Å². The number of anilines is 12. The van der Waals surface area contributed by atoms with Crippen molar-refractivity contribution in [2.24, 2.45) is 0 Å². The maximum Gasteiger partial charge on any atom is 0.0737 e. The van der Waals surface area contributed by atoms with E-state index in [4.69, 9.17) is 0 Å². The third-order valence-corrected chi connectivity index (χ3v) is 28.6. The van der Waals surface area contributed by atoms with E-state index >= 15 is 0 Å². The molecule has 0 saturated carbocycles. The Morgan fingerprint density at radius 2 is 0.469 bits per heavy atom. The highest BCUT2D eigenvalue weighted by atomic mass is 15.2. The van der Waals surface area contributed by atoms with Gasteiger partial charge in [0.1, 0.15) is 0 Å². The Balaban J connectivity index is 0.566. The molecule has 0 fully saturated rings. The van der Waals surface area contributed by atoms with Crippen LogP contribution < -0.4 is 19.6 Å². The van der Waals surface area contributed by atoms with Gasteiger partial charge in [-0.2, -0.15) is 0 Å². The van der Waals surface area contributed by atoms with Crippen LogP contribution in [0.4, 0.5) is 68.2 Å². The molecule has 610 valence electrons. The molecule has 2 atom stereocenters. The number of hydrogen-bond donors (Lipinski definition) is 0. The smallest absolute Gasteiger partial charge is 0.0737 e. The maximum atomic E-state index is 2.47. The van der Waals surface area contributed by atoms with Gasteiger partial charge in [-0.1, -0.05) is 315 Å². The molecule has 0 amide bonds. The van der Waals surface area contributed by atoms with Gasteiger partial charge in [0.05, 0.1) is 10.8 Å². The zero-order chi connectivity index (χ0) is 86.0. The van der Waals surface area contributed by atoms with E-state index < -0.39 is 10.8 Å². The van der Waals surface area contributed by atoms with E-state index in [2.05, 4.69) is 495 Å². The molecule has 0 N–H and O–H groups in total. The van der Waals surface area contributed by atoms with Crippen molar-refractivity contribution in [2.75, 3.05) is 19.6 Å².